The predicted octanol–water partition coefficient (Wildman–Crippen LogP) is 2.14. The molecule has 1 N–H and O–H groups in total. The third-order valence-corrected chi connectivity index (χ3v) is 5.78. The summed E-state index contributed by atoms with van der Waals surface area (Å²) >= 11 is 0. The standard InChI is InChI=1S/C22H34N6O2/c1-15-18(14-26-27(15)5)20-17(9-19(29)28(20)7-8-30-6)13-23-10-16-11-24-21(25-12-16)22(2,3)4/h11-12,14,17,20,23H,7-10,13H2,1-6H3/t17-,20+/m0/s1. The van der Waals surface area contributed by atoms with Crippen molar-refractivity contribution in [2.24, 2.45) is 13.0 Å². The van der Waals surface area contributed by atoms with E-state index in [-0.39, 0.29) is 23.3 Å². The van der Waals surface area contributed by atoms with Crippen molar-refractivity contribution >= 4 is 5.91 Å². The van der Waals surface area contributed by atoms with Gasteiger partial charge < -0.3 is 15.0 Å². The van der Waals surface area contributed by atoms with Gasteiger partial charge in [0.05, 0.1) is 18.8 Å². The maximum atomic E-state index is 12.8. The number of aryl methyl sites for hydroxylation is 1. The van der Waals surface area contributed by atoms with Crippen LogP contribution in [0.15, 0.2) is 18.6 Å². The van der Waals surface area contributed by atoms with E-state index in [9.17, 15) is 4.79 Å². The van der Waals surface area contributed by atoms with E-state index in [2.05, 4.69) is 48.1 Å². The number of likely N-dealkylation sites (tertiary alicyclic amines) is 1. The fourth-order valence-electron chi connectivity index (χ4n) is 3.96. The Balaban J connectivity index is 1.69. The number of aromatic nitrogens is 4. The summed E-state index contributed by atoms with van der Waals surface area (Å²) in [4.78, 5) is 23.7. The molecule has 0 aromatic carbocycles. The number of hydrogen-bond donors (Lipinski definition) is 1. The van der Waals surface area contributed by atoms with Gasteiger partial charge in [0.25, 0.3) is 0 Å². The molecule has 2 aromatic heterocycles. The van der Waals surface area contributed by atoms with Gasteiger partial charge in [0.1, 0.15) is 5.82 Å². The molecule has 30 heavy (non-hydrogen) atoms. The Bertz CT molecular complexity index is 856. The molecule has 0 bridgehead atoms. The molecule has 3 rings (SSSR count). The van der Waals surface area contributed by atoms with E-state index in [1.54, 1.807) is 7.11 Å². The minimum Gasteiger partial charge on any atom is -0.383 e. The largest absolute Gasteiger partial charge is 0.383 e. The second kappa shape index (κ2) is 9.22. The first-order valence-corrected chi connectivity index (χ1v) is 10.5. The van der Waals surface area contributed by atoms with Crippen LogP contribution in [0.5, 0.6) is 0 Å². The average Bonchev–Trinajstić information content (AvgIpc) is 3.18. The number of carbonyl (C=O) groups excluding carboxylic acids is 1. The number of nitrogens with zero attached hydrogens (tertiary/aromatic N) is 5. The minimum atomic E-state index is -0.0589. The highest BCUT2D eigenvalue weighted by molar-refractivity contribution is 5.79. The van der Waals surface area contributed by atoms with Gasteiger partial charge in [-0.05, 0) is 6.92 Å². The minimum absolute atomic E-state index is 0.00775. The summed E-state index contributed by atoms with van der Waals surface area (Å²) in [5.41, 5.74) is 3.19. The number of hydrogen-bond acceptors (Lipinski definition) is 6. The van der Waals surface area contributed by atoms with E-state index < -0.39 is 0 Å². The Morgan fingerprint density at radius 1 is 1.23 bits per heavy atom. The Morgan fingerprint density at radius 3 is 2.50 bits per heavy atom. The summed E-state index contributed by atoms with van der Waals surface area (Å²) in [6.45, 7) is 10.9. The van der Waals surface area contributed by atoms with Crippen molar-refractivity contribution < 1.29 is 9.53 Å². The van der Waals surface area contributed by atoms with Gasteiger partial charge in [0.2, 0.25) is 5.91 Å². The Hall–Kier alpha value is -2.32. The molecule has 1 saturated heterocycles. The smallest absolute Gasteiger partial charge is 0.223 e. The Morgan fingerprint density at radius 2 is 1.93 bits per heavy atom. The van der Waals surface area contributed by atoms with Gasteiger partial charge in [-0.3, -0.25) is 9.48 Å². The van der Waals surface area contributed by atoms with Crippen LogP contribution >= 0.6 is 0 Å². The van der Waals surface area contributed by atoms with Crippen molar-refractivity contribution in [3.05, 3.63) is 41.2 Å². The number of rotatable bonds is 8. The lowest BCUT2D eigenvalue weighted by Gasteiger charge is -2.28. The summed E-state index contributed by atoms with van der Waals surface area (Å²) in [6.07, 6.45) is 6.18. The Kier molecular flexibility index (Phi) is 6.88. The summed E-state index contributed by atoms with van der Waals surface area (Å²) in [6, 6.07) is 0.00775. The van der Waals surface area contributed by atoms with Gasteiger partial charge in [-0.15, -0.1) is 0 Å². The van der Waals surface area contributed by atoms with E-state index in [0.29, 0.717) is 26.1 Å². The van der Waals surface area contributed by atoms with Crippen LogP contribution in [0, 0.1) is 12.8 Å². The fraction of sp³-hybridized carbons (Fsp3) is 0.636. The molecule has 8 heteroatoms. The molecule has 1 amide bonds. The van der Waals surface area contributed by atoms with Crippen molar-refractivity contribution in [2.75, 3.05) is 26.8 Å². The van der Waals surface area contributed by atoms with Crippen molar-refractivity contribution in [1.29, 1.82) is 0 Å². The van der Waals surface area contributed by atoms with Gasteiger partial charge in [-0.2, -0.15) is 5.10 Å². The maximum Gasteiger partial charge on any atom is 0.223 e. The highest BCUT2D eigenvalue weighted by atomic mass is 16.5. The van der Waals surface area contributed by atoms with Crippen LogP contribution in [0.1, 0.15) is 55.9 Å². The third kappa shape index (κ3) is 4.87. The Labute approximate surface area is 179 Å². The summed E-state index contributed by atoms with van der Waals surface area (Å²) in [5.74, 6) is 1.19. The van der Waals surface area contributed by atoms with Crippen molar-refractivity contribution in [3.8, 4) is 0 Å². The van der Waals surface area contributed by atoms with Crippen LogP contribution < -0.4 is 5.32 Å². The van der Waals surface area contributed by atoms with E-state index in [1.165, 1.54) is 0 Å². The lowest BCUT2D eigenvalue weighted by atomic mass is 9.93. The quantitative estimate of drug-likeness (QED) is 0.712. The first-order valence-electron chi connectivity index (χ1n) is 10.5. The molecule has 8 nitrogen and oxygen atoms in total. The molecule has 0 saturated carbocycles. The lowest BCUT2D eigenvalue weighted by Crippen LogP contribution is -2.34. The molecule has 0 radical (unpaired) electrons. The zero-order chi connectivity index (χ0) is 21.9. The number of amides is 1. The molecule has 1 fully saturated rings. The molecular weight excluding hydrogens is 380 g/mol. The highest BCUT2D eigenvalue weighted by Crippen LogP contribution is 2.38. The predicted molar refractivity (Wildman–Crippen MR) is 115 cm³/mol. The van der Waals surface area contributed by atoms with E-state index in [1.807, 2.05) is 35.2 Å². The summed E-state index contributed by atoms with van der Waals surface area (Å²) in [7, 11) is 3.60. The molecule has 1 aliphatic heterocycles. The number of nitrogens with one attached hydrogen (secondary N) is 1. The monoisotopic (exact) mass is 414 g/mol. The first-order chi connectivity index (χ1) is 14.2. The van der Waals surface area contributed by atoms with Gasteiger partial charge >= 0.3 is 0 Å². The molecule has 2 atom stereocenters. The van der Waals surface area contributed by atoms with E-state index in [4.69, 9.17) is 4.74 Å². The van der Waals surface area contributed by atoms with Crippen molar-refractivity contribution in [2.45, 2.75) is 52.1 Å². The molecular formula is C22H34N6O2. The van der Waals surface area contributed by atoms with Crippen LogP contribution in [0.4, 0.5) is 0 Å². The van der Waals surface area contributed by atoms with Gasteiger partial charge in [-0.1, -0.05) is 20.8 Å². The molecule has 1 aliphatic rings. The van der Waals surface area contributed by atoms with Crippen molar-refractivity contribution in [3.63, 3.8) is 0 Å². The number of methoxy groups -OCH3 is 1. The van der Waals surface area contributed by atoms with Gasteiger partial charge in [0, 0.05) is 80.8 Å². The van der Waals surface area contributed by atoms with Gasteiger partial charge in [0.15, 0.2) is 0 Å². The number of carbonyl (C=O) groups is 1. The lowest BCUT2D eigenvalue weighted by molar-refractivity contribution is -0.129. The van der Waals surface area contributed by atoms with E-state index in [0.717, 1.165) is 29.2 Å². The van der Waals surface area contributed by atoms with Crippen LogP contribution in [-0.2, 0) is 28.5 Å². The second-order valence-corrected chi connectivity index (χ2v) is 9.09. The molecule has 0 spiro atoms. The fourth-order valence-corrected chi connectivity index (χ4v) is 3.96. The van der Waals surface area contributed by atoms with Crippen LogP contribution in [0.2, 0.25) is 0 Å². The van der Waals surface area contributed by atoms with Crippen LogP contribution in [0.25, 0.3) is 0 Å². The molecule has 0 unspecified atom stereocenters. The average molecular weight is 415 g/mol. The normalized spacial score (nSPS) is 19.7. The summed E-state index contributed by atoms with van der Waals surface area (Å²) < 4.78 is 7.10. The second-order valence-electron chi connectivity index (χ2n) is 9.09. The van der Waals surface area contributed by atoms with Crippen molar-refractivity contribution in [1.82, 2.24) is 30.0 Å². The third-order valence-electron chi connectivity index (χ3n) is 5.78. The zero-order valence-corrected chi connectivity index (χ0v) is 19.0. The highest BCUT2D eigenvalue weighted by Gasteiger charge is 2.41. The first kappa shape index (κ1) is 22.4. The SMILES string of the molecule is COCCN1C(=O)C[C@@H](CNCc2cnc(C(C)(C)C)nc2)[C@@H]1c1cnn(C)c1C. The van der Waals surface area contributed by atoms with E-state index >= 15 is 0 Å². The van der Waals surface area contributed by atoms with Gasteiger partial charge in [-0.25, -0.2) is 9.97 Å². The number of ether oxygens (including phenoxy) is 1. The molecule has 3 heterocycles. The molecule has 0 aliphatic carbocycles. The molecule has 2 aromatic rings. The van der Waals surface area contributed by atoms with Crippen LogP contribution in [0.3, 0.4) is 0 Å². The maximum absolute atomic E-state index is 12.8. The topological polar surface area (TPSA) is 85.2 Å². The summed E-state index contributed by atoms with van der Waals surface area (Å²) in [5, 5.41) is 7.91. The zero-order valence-electron chi connectivity index (χ0n) is 19.0. The molecule has 164 valence electrons. The van der Waals surface area contributed by atoms with Crippen LogP contribution in [-0.4, -0.2) is 57.4 Å².